The molecule has 1 aromatic rings. The summed E-state index contributed by atoms with van der Waals surface area (Å²) in [5.74, 6) is 1.79. The van der Waals surface area contributed by atoms with Gasteiger partial charge in [0.1, 0.15) is 11.5 Å². The van der Waals surface area contributed by atoms with Gasteiger partial charge in [0.05, 0.1) is 12.2 Å². The molecule has 1 aliphatic rings. The Labute approximate surface area is 108 Å². The summed E-state index contributed by atoms with van der Waals surface area (Å²) < 4.78 is 5.75. The molecule has 0 saturated heterocycles. The standard InChI is InChI=1S/C13H19ClN2O/c1-9(2)11-12(14)15-8-16-13(11)17-7-6-10-4-3-5-10/h8-10H,3-7H2,1-2H3. The van der Waals surface area contributed by atoms with Gasteiger partial charge in [-0.15, -0.1) is 0 Å². The fraction of sp³-hybridized carbons (Fsp3) is 0.692. The molecule has 0 unspecified atom stereocenters. The number of hydrogen-bond acceptors (Lipinski definition) is 3. The molecule has 4 heteroatoms. The second-order valence-electron chi connectivity index (χ2n) is 4.97. The van der Waals surface area contributed by atoms with Crippen LogP contribution >= 0.6 is 11.6 Å². The van der Waals surface area contributed by atoms with E-state index in [0.717, 1.165) is 24.5 Å². The first-order valence-electron chi connectivity index (χ1n) is 6.31. The van der Waals surface area contributed by atoms with Gasteiger partial charge in [-0.2, -0.15) is 0 Å². The highest BCUT2D eigenvalue weighted by Crippen LogP contribution is 2.31. The first-order chi connectivity index (χ1) is 8.18. The predicted molar refractivity (Wildman–Crippen MR) is 68.6 cm³/mol. The summed E-state index contributed by atoms with van der Waals surface area (Å²) >= 11 is 6.07. The van der Waals surface area contributed by atoms with E-state index in [1.165, 1.54) is 25.6 Å². The summed E-state index contributed by atoms with van der Waals surface area (Å²) in [5, 5.41) is 0.508. The van der Waals surface area contributed by atoms with Gasteiger partial charge in [0, 0.05) is 0 Å². The van der Waals surface area contributed by atoms with E-state index in [4.69, 9.17) is 16.3 Å². The number of rotatable bonds is 5. The maximum absolute atomic E-state index is 6.07. The van der Waals surface area contributed by atoms with Gasteiger partial charge >= 0.3 is 0 Å². The highest BCUT2D eigenvalue weighted by atomic mass is 35.5. The van der Waals surface area contributed by atoms with E-state index in [0.29, 0.717) is 11.0 Å². The minimum Gasteiger partial charge on any atom is -0.477 e. The minimum atomic E-state index is 0.280. The highest BCUT2D eigenvalue weighted by molar-refractivity contribution is 6.30. The topological polar surface area (TPSA) is 35.0 Å². The molecule has 1 saturated carbocycles. The lowest BCUT2D eigenvalue weighted by atomic mass is 9.83. The SMILES string of the molecule is CC(C)c1c(Cl)ncnc1OCCC1CCC1. The molecule has 0 spiro atoms. The van der Waals surface area contributed by atoms with E-state index < -0.39 is 0 Å². The monoisotopic (exact) mass is 254 g/mol. The zero-order valence-corrected chi connectivity index (χ0v) is 11.2. The van der Waals surface area contributed by atoms with Gasteiger partial charge in [0.15, 0.2) is 0 Å². The maximum Gasteiger partial charge on any atom is 0.221 e. The van der Waals surface area contributed by atoms with Crippen LogP contribution in [-0.2, 0) is 0 Å². The average molecular weight is 255 g/mol. The lowest BCUT2D eigenvalue weighted by molar-refractivity contribution is 0.215. The largest absolute Gasteiger partial charge is 0.477 e. The highest BCUT2D eigenvalue weighted by Gasteiger charge is 2.18. The molecule has 17 heavy (non-hydrogen) atoms. The van der Waals surface area contributed by atoms with Crippen LogP contribution in [0.3, 0.4) is 0 Å². The van der Waals surface area contributed by atoms with Gasteiger partial charge < -0.3 is 4.74 Å². The first-order valence-corrected chi connectivity index (χ1v) is 6.69. The average Bonchev–Trinajstić information content (AvgIpc) is 2.21. The molecule has 0 radical (unpaired) electrons. The van der Waals surface area contributed by atoms with E-state index in [-0.39, 0.29) is 5.92 Å². The Kier molecular flexibility index (Phi) is 4.21. The third-order valence-corrected chi connectivity index (χ3v) is 3.67. The van der Waals surface area contributed by atoms with Gasteiger partial charge in [0.25, 0.3) is 0 Å². The molecule has 2 rings (SSSR count). The Hall–Kier alpha value is -0.830. The smallest absolute Gasteiger partial charge is 0.221 e. The van der Waals surface area contributed by atoms with E-state index in [1.54, 1.807) is 0 Å². The number of nitrogens with zero attached hydrogens (tertiary/aromatic N) is 2. The Bertz CT molecular complexity index is 378. The molecule has 1 fully saturated rings. The summed E-state index contributed by atoms with van der Waals surface area (Å²) in [4.78, 5) is 8.19. The molecular weight excluding hydrogens is 236 g/mol. The molecular formula is C13H19ClN2O. The maximum atomic E-state index is 6.07. The lowest BCUT2D eigenvalue weighted by Gasteiger charge is -2.25. The summed E-state index contributed by atoms with van der Waals surface area (Å²) in [6.07, 6.45) is 6.67. The molecule has 0 N–H and O–H groups in total. The Morgan fingerprint density at radius 1 is 1.41 bits per heavy atom. The molecule has 0 amide bonds. The number of halogens is 1. The molecule has 0 aromatic carbocycles. The summed E-state index contributed by atoms with van der Waals surface area (Å²) in [5.41, 5.74) is 0.919. The number of aromatic nitrogens is 2. The van der Waals surface area contributed by atoms with Gasteiger partial charge in [0.2, 0.25) is 5.88 Å². The van der Waals surface area contributed by atoms with Crippen molar-refractivity contribution in [2.24, 2.45) is 5.92 Å². The van der Waals surface area contributed by atoms with E-state index in [9.17, 15) is 0 Å². The van der Waals surface area contributed by atoms with E-state index in [1.807, 2.05) is 0 Å². The predicted octanol–water partition coefficient (Wildman–Crippen LogP) is 3.82. The molecule has 1 aromatic heterocycles. The van der Waals surface area contributed by atoms with Crippen molar-refractivity contribution in [3.8, 4) is 5.88 Å². The molecule has 94 valence electrons. The van der Waals surface area contributed by atoms with Gasteiger partial charge in [-0.1, -0.05) is 44.7 Å². The second-order valence-corrected chi connectivity index (χ2v) is 5.33. The normalized spacial score (nSPS) is 16.0. The van der Waals surface area contributed by atoms with Crippen molar-refractivity contribution in [2.45, 2.75) is 45.4 Å². The zero-order chi connectivity index (χ0) is 12.3. The van der Waals surface area contributed by atoms with Crippen LogP contribution in [0, 0.1) is 5.92 Å². The van der Waals surface area contributed by atoms with Crippen LogP contribution < -0.4 is 4.74 Å². The van der Waals surface area contributed by atoms with Crippen LogP contribution in [0.4, 0.5) is 0 Å². The fourth-order valence-corrected chi connectivity index (χ4v) is 2.41. The van der Waals surface area contributed by atoms with E-state index in [2.05, 4.69) is 23.8 Å². The molecule has 1 heterocycles. The summed E-state index contributed by atoms with van der Waals surface area (Å²) in [6, 6.07) is 0. The Morgan fingerprint density at radius 3 is 2.76 bits per heavy atom. The minimum absolute atomic E-state index is 0.280. The van der Waals surface area contributed by atoms with Crippen LogP contribution in [0.5, 0.6) is 5.88 Å². The number of hydrogen-bond donors (Lipinski definition) is 0. The van der Waals surface area contributed by atoms with Crippen molar-refractivity contribution in [3.05, 3.63) is 17.0 Å². The lowest BCUT2D eigenvalue weighted by Crippen LogP contribution is -2.15. The number of ether oxygens (including phenoxy) is 1. The summed E-state index contributed by atoms with van der Waals surface area (Å²) in [7, 11) is 0. The van der Waals surface area contributed by atoms with Crippen molar-refractivity contribution in [3.63, 3.8) is 0 Å². The second kappa shape index (κ2) is 5.67. The molecule has 1 aliphatic carbocycles. The third kappa shape index (κ3) is 3.09. The van der Waals surface area contributed by atoms with Crippen LogP contribution in [0.15, 0.2) is 6.33 Å². The molecule has 3 nitrogen and oxygen atoms in total. The van der Waals surface area contributed by atoms with Crippen molar-refractivity contribution >= 4 is 11.6 Å². The van der Waals surface area contributed by atoms with Crippen LogP contribution in [0.1, 0.15) is 51.0 Å². The summed E-state index contributed by atoms with van der Waals surface area (Å²) in [6.45, 7) is 4.88. The zero-order valence-electron chi connectivity index (χ0n) is 10.4. The molecule has 0 atom stereocenters. The van der Waals surface area contributed by atoms with Crippen molar-refractivity contribution in [1.29, 1.82) is 0 Å². The molecule has 0 aliphatic heterocycles. The molecule has 0 bridgehead atoms. The van der Waals surface area contributed by atoms with Crippen LogP contribution in [0.2, 0.25) is 5.15 Å². The fourth-order valence-electron chi connectivity index (χ4n) is 2.06. The van der Waals surface area contributed by atoms with Crippen LogP contribution in [0.25, 0.3) is 0 Å². The van der Waals surface area contributed by atoms with Crippen LogP contribution in [-0.4, -0.2) is 16.6 Å². The Morgan fingerprint density at radius 2 is 2.18 bits per heavy atom. The quantitative estimate of drug-likeness (QED) is 0.750. The van der Waals surface area contributed by atoms with Crippen molar-refractivity contribution in [1.82, 2.24) is 9.97 Å². The van der Waals surface area contributed by atoms with Gasteiger partial charge in [-0.25, -0.2) is 9.97 Å². The van der Waals surface area contributed by atoms with E-state index >= 15 is 0 Å². The van der Waals surface area contributed by atoms with Crippen molar-refractivity contribution in [2.75, 3.05) is 6.61 Å². The van der Waals surface area contributed by atoms with Crippen molar-refractivity contribution < 1.29 is 4.74 Å². The van der Waals surface area contributed by atoms with Gasteiger partial charge in [-0.05, 0) is 18.3 Å². The first kappa shape index (κ1) is 12.6. The Balaban J connectivity index is 1.96. The third-order valence-electron chi connectivity index (χ3n) is 3.37. The van der Waals surface area contributed by atoms with Gasteiger partial charge in [-0.3, -0.25) is 0 Å².